The molecule has 7 nitrogen and oxygen atoms in total. The van der Waals surface area contributed by atoms with Gasteiger partial charge in [0.2, 0.25) is 5.91 Å². The number of nitrogens with zero attached hydrogens (tertiary/aromatic N) is 1. The molecule has 0 bridgehead atoms. The predicted octanol–water partition coefficient (Wildman–Crippen LogP) is 3.05. The molecule has 1 atom stereocenters. The van der Waals surface area contributed by atoms with Gasteiger partial charge < -0.3 is 19.9 Å². The smallest absolute Gasteiger partial charge is 0.355 e. The Labute approximate surface area is 165 Å². The summed E-state index contributed by atoms with van der Waals surface area (Å²) in [7, 11) is 0. The summed E-state index contributed by atoms with van der Waals surface area (Å²) in [5.74, 6) is -1.31. The number of hydrogen-bond acceptors (Lipinski definition) is 4. The zero-order valence-corrected chi connectivity index (χ0v) is 16.7. The molecule has 1 aromatic heterocycles. The summed E-state index contributed by atoms with van der Waals surface area (Å²) in [4.78, 5) is 41.2. The third-order valence-electron chi connectivity index (χ3n) is 4.78. The molecule has 0 saturated heterocycles. The molecule has 1 aromatic carbocycles. The maximum atomic E-state index is 12.6. The van der Waals surface area contributed by atoms with Crippen LogP contribution in [0, 0.1) is 13.8 Å². The molecule has 0 fully saturated rings. The van der Waals surface area contributed by atoms with Crippen LogP contribution in [-0.4, -0.2) is 46.9 Å². The second kappa shape index (κ2) is 9.73. The summed E-state index contributed by atoms with van der Waals surface area (Å²) in [5.41, 5.74) is 3.05. The topological polar surface area (TPSA) is 91.5 Å². The van der Waals surface area contributed by atoms with E-state index in [4.69, 9.17) is 4.74 Å². The Bertz CT molecular complexity index is 830. The highest BCUT2D eigenvalue weighted by Crippen LogP contribution is 2.18. The lowest BCUT2D eigenvalue weighted by Crippen LogP contribution is -2.45. The first-order valence-corrected chi connectivity index (χ1v) is 9.29. The van der Waals surface area contributed by atoms with Gasteiger partial charge in [-0.3, -0.25) is 9.59 Å². The summed E-state index contributed by atoms with van der Waals surface area (Å²) >= 11 is 0. The van der Waals surface area contributed by atoms with Crippen molar-refractivity contribution in [1.29, 1.82) is 0 Å². The fourth-order valence-corrected chi connectivity index (χ4v) is 2.69. The number of benzene rings is 1. The standard InChI is InChI=1S/C21H27N3O4/c1-5-15(3)24(20(26)13-28-21(27)18-10-7-11-22-18)12-19(25)23-17-9-6-8-14(2)16(17)4/h6-11,15,22H,5,12-13H2,1-4H3,(H,23,25)/t15-/m0/s1. The zero-order valence-electron chi connectivity index (χ0n) is 16.7. The summed E-state index contributed by atoms with van der Waals surface area (Å²) in [5, 5.41) is 2.86. The average Bonchev–Trinajstić information content (AvgIpc) is 3.22. The number of hydrogen-bond donors (Lipinski definition) is 2. The number of amides is 2. The van der Waals surface area contributed by atoms with Gasteiger partial charge in [0.1, 0.15) is 12.2 Å². The first-order valence-electron chi connectivity index (χ1n) is 9.29. The average molecular weight is 385 g/mol. The van der Waals surface area contributed by atoms with Crippen LogP contribution >= 0.6 is 0 Å². The Morgan fingerprint density at radius 3 is 2.57 bits per heavy atom. The minimum Gasteiger partial charge on any atom is -0.451 e. The van der Waals surface area contributed by atoms with Crippen LogP contribution in [0.5, 0.6) is 0 Å². The van der Waals surface area contributed by atoms with Crippen molar-refractivity contribution >= 4 is 23.5 Å². The van der Waals surface area contributed by atoms with E-state index in [9.17, 15) is 14.4 Å². The molecular formula is C21H27N3O4. The summed E-state index contributed by atoms with van der Waals surface area (Å²) in [6.07, 6.45) is 2.27. The lowest BCUT2D eigenvalue weighted by Gasteiger charge is -2.28. The zero-order chi connectivity index (χ0) is 20.7. The molecule has 2 N–H and O–H groups in total. The van der Waals surface area contributed by atoms with E-state index < -0.39 is 18.5 Å². The van der Waals surface area contributed by atoms with Crippen LogP contribution < -0.4 is 5.32 Å². The number of ether oxygens (including phenoxy) is 1. The number of nitrogens with one attached hydrogen (secondary N) is 2. The van der Waals surface area contributed by atoms with E-state index >= 15 is 0 Å². The van der Waals surface area contributed by atoms with E-state index in [2.05, 4.69) is 10.3 Å². The molecule has 2 amide bonds. The molecule has 0 aliphatic heterocycles. The SMILES string of the molecule is CC[C@H](C)N(CC(=O)Nc1cccc(C)c1C)C(=O)COC(=O)c1ccc[nH]1. The second-order valence-corrected chi connectivity index (χ2v) is 6.73. The van der Waals surface area contributed by atoms with Gasteiger partial charge in [0.05, 0.1) is 0 Å². The fourth-order valence-electron chi connectivity index (χ4n) is 2.69. The molecule has 2 aromatic rings. The Balaban J connectivity index is 1.99. The third kappa shape index (κ3) is 5.45. The molecule has 7 heteroatoms. The van der Waals surface area contributed by atoms with Crippen LogP contribution in [0.3, 0.4) is 0 Å². The Kier molecular flexibility index (Phi) is 7.37. The molecule has 150 valence electrons. The Morgan fingerprint density at radius 1 is 1.18 bits per heavy atom. The van der Waals surface area contributed by atoms with E-state index in [0.29, 0.717) is 6.42 Å². The highest BCUT2D eigenvalue weighted by atomic mass is 16.5. The van der Waals surface area contributed by atoms with Gasteiger partial charge in [-0.1, -0.05) is 19.1 Å². The molecule has 1 heterocycles. The molecular weight excluding hydrogens is 358 g/mol. The quantitative estimate of drug-likeness (QED) is 0.683. The van der Waals surface area contributed by atoms with Crippen molar-refractivity contribution in [2.24, 2.45) is 0 Å². The van der Waals surface area contributed by atoms with Crippen molar-refractivity contribution in [3.05, 3.63) is 53.3 Å². The van der Waals surface area contributed by atoms with Crippen molar-refractivity contribution in [1.82, 2.24) is 9.88 Å². The molecule has 28 heavy (non-hydrogen) atoms. The summed E-state index contributed by atoms with van der Waals surface area (Å²) < 4.78 is 5.07. The minimum atomic E-state index is -0.609. The molecule has 0 saturated carbocycles. The van der Waals surface area contributed by atoms with Gasteiger partial charge in [-0.25, -0.2) is 4.79 Å². The van der Waals surface area contributed by atoms with Crippen LogP contribution in [0.25, 0.3) is 0 Å². The van der Waals surface area contributed by atoms with E-state index in [0.717, 1.165) is 16.8 Å². The third-order valence-corrected chi connectivity index (χ3v) is 4.78. The lowest BCUT2D eigenvalue weighted by molar-refractivity contribution is -0.139. The number of aromatic amines is 1. The molecule has 0 radical (unpaired) electrons. The number of aryl methyl sites for hydroxylation is 1. The minimum absolute atomic E-state index is 0.110. The van der Waals surface area contributed by atoms with Crippen LogP contribution in [0.2, 0.25) is 0 Å². The van der Waals surface area contributed by atoms with Gasteiger partial charge in [0.25, 0.3) is 5.91 Å². The van der Waals surface area contributed by atoms with Crippen LogP contribution in [0.15, 0.2) is 36.5 Å². The monoisotopic (exact) mass is 385 g/mol. The van der Waals surface area contributed by atoms with Crippen molar-refractivity contribution in [3.63, 3.8) is 0 Å². The number of esters is 1. The molecule has 0 spiro atoms. The van der Waals surface area contributed by atoms with Crippen LogP contribution in [-0.2, 0) is 14.3 Å². The van der Waals surface area contributed by atoms with Crippen molar-refractivity contribution in [2.45, 2.75) is 40.2 Å². The second-order valence-electron chi connectivity index (χ2n) is 6.73. The van der Waals surface area contributed by atoms with Gasteiger partial charge in [0, 0.05) is 17.9 Å². The largest absolute Gasteiger partial charge is 0.451 e. The lowest BCUT2D eigenvalue weighted by atomic mass is 10.1. The number of carbonyl (C=O) groups excluding carboxylic acids is 3. The van der Waals surface area contributed by atoms with E-state index in [1.165, 1.54) is 4.90 Å². The molecule has 2 rings (SSSR count). The normalized spacial score (nSPS) is 11.6. The van der Waals surface area contributed by atoms with E-state index in [1.54, 1.807) is 18.3 Å². The molecule has 0 unspecified atom stereocenters. The number of rotatable bonds is 8. The Morgan fingerprint density at radius 2 is 1.93 bits per heavy atom. The summed E-state index contributed by atoms with van der Waals surface area (Å²) in [6.45, 7) is 7.16. The van der Waals surface area contributed by atoms with Gasteiger partial charge in [-0.15, -0.1) is 0 Å². The van der Waals surface area contributed by atoms with Crippen molar-refractivity contribution < 1.29 is 19.1 Å². The fraction of sp³-hybridized carbons (Fsp3) is 0.381. The summed E-state index contributed by atoms with van der Waals surface area (Å²) in [6, 6.07) is 8.74. The number of aromatic nitrogens is 1. The van der Waals surface area contributed by atoms with E-state index in [-0.39, 0.29) is 24.2 Å². The number of H-pyrrole nitrogens is 1. The first kappa shape index (κ1) is 21.2. The highest BCUT2D eigenvalue weighted by molar-refractivity contribution is 5.96. The number of anilines is 1. The van der Waals surface area contributed by atoms with Gasteiger partial charge >= 0.3 is 5.97 Å². The van der Waals surface area contributed by atoms with Gasteiger partial charge in [-0.2, -0.15) is 0 Å². The predicted molar refractivity (Wildman–Crippen MR) is 107 cm³/mol. The van der Waals surface area contributed by atoms with Gasteiger partial charge in [-0.05, 0) is 56.5 Å². The molecule has 0 aliphatic rings. The van der Waals surface area contributed by atoms with Crippen LogP contribution in [0.1, 0.15) is 41.9 Å². The first-order chi connectivity index (χ1) is 13.3. The number of carbonyl (C=O) groups is 3. The Hall–Kier alpha value is -3.09. The maximum Gasteiger partial charge on any atom is 0.355 e. The maximum absolute atomic E-state index is 12.6. The van der Waals surface area contributed by atoms with Gasteiger partial charge in [0.15, 0.2) is 6.61 Å². The highest BCUT2D eigenvalue weighted by Gasteiger charge is 2.23. The van der Waals surface area contributed by atoms with E-state index in [1.807, 2.05) is 45.9 Å². The van der Waals surface area contributed by atoms with Crippen molar-refractivity contribution in [3.8, 4) is 0 Å². The van der Waals surface area contributed by atoms with Crippen molar-refractivity contribution in [2.75, 3.05) is 18.5 Å². The molecule has 0 aliphatic carbocycles. The van der Waals surface area contributed by atoms with Crippen LogP contribution in [0.4, 0.5) is 5.69 Å².